The Labute approximate surface area is 315 Å². The van der Waals surface area contributed by atoms with Gasteiger partial charge in [0.25, 0.3) is 11.8 Å². The van der Waals surface area contributed by atoms with Crippen LogP contribution in [0.5, 0.6) is 5.75 Å². The second-order valence-corrected chi connectivity index (χ2v) is 17.9. The lowest BCUT2D eigenvalue weighted by atomic mass is 9.92. The van der Waals surface area contributed by atoms with E-state index in [-0.39, 0.29) is 48.7 Å². The minimum Gasteiger partial charge on any atom is -0.481 e. The SMILES string of the molecule is C#CCN1C(=O)COc2cc(F)c(N=c3snc4n3CC(C)(C)C4)cc21.CC1(C)CON(Cc2ccccc2Cl)C1=O.CP(=O)(O)CCC(N)C(=O)O. The summed E-state index contributed by atoms with van der Waals surface area (Å²) >= 11 is 7.27. The number of hydroxylamine groups is 2. The molecule has 4 N–H and O–H groups in total. The predicted octanol–water partition coefficient (Wildman–Crippen LogP) is 4.59. The number of aliphatic carboxylic acids is 1. The fraction of sp³-hybridized carbons (Fsp3) is 0.457. The van der Waals surface area contributed by atoms with Crippen LogP contribution in [-0.2, 0) is 43.3 Å². The van der Waals surface area contributed by atoms with Gasteiger partial charge in [0.05, 0.1) is 30.8 Å². The molecule has 3 aliphatic heterocycles. The summed E-state index contributed by atoms with van der Waals surface area (Å²) in [7, 11) is -3.10. The van der Waals surface area contributed by atoms with Crippen molar-refractivity contribution >= 4 is 59.7 Å². The molecule has 3 aliphatic rings. The summed E-state index contributed by atoms with van der Waals surface area (Å²) in [5.74, 6) is 1.79. The van der Waals surface area contributed by atoms with E-state index in [0.29, 0.717) is 34.4 Å². The van der Waals surface area contributed by atoms with Crippen molar-refractivity contribution in [3.8, 4) is 18.1 Å². The second-order valence-electron chi connectivity index (χ2n) is 14.3. The molecule has 286 valence electrons. The van der Waals surface area contributed by atoms with Gasteiger partial charge in [-0.1, -0.05) is 49.6 Å². The number of amides is 2. The molecule has 6 rings (SSSR count). The van der Waals surface area contributed by atoms with Crippen molar-refractivity contribution in [3.05, 3.63) is 63.4 Å². The van der Waals surface area contributed by atoms with Crippen molar-refractivity contribution in [1.29, 1.82) is 0 Å². The molecular formula is C35H43ClFN6O8PS. The molecule has 18 heteroatoms. The third kappa shape index (κ3) is 11.0. The van der Waals surface area contributed by atoms with Crippen molar-refractivity contribution in [3.63, 3.8) is 0 Å². The molecule has 4 heterocycles. The first-order valence-corrected chi connectivity index (χ1v) is 19.9. The molecule has 2 unspecified atom stereocenters. The van der Waals surface area contributed by atoms with E-state index < -0.39 is 30.6 Å². The lowest BCUT2D eigenvalue weighted by molar-refractivity contribution is -0.165. The molecule has 2 atom stereocenters. The first-order chi connectivity index (χ1) is 24.7. The van der Waals surface area contributed by atoms with E-state index in [1.165, 1.54) is 40.3 Å². The Balaban J connectivity index is 0.000000198. The van der Waals surface area contributed by atoms with E-state index in [9.17, 15) is 23.3 Å². The molecule has 3 aromatic rings. The van der Waals surface area contributed by atoms with Crippen LogP contribution in [0.2, 0.25) is 5.02 Å². The number of carbonyl (C=O) groups excluding carboxylic acids is 2. The third-order valence-corrected chi connectivity index (χ3v) is 10.5. The number of rotatable bonds is 8. The van der Waals surface area contributed by atoms with Gasteiger partial charge >= 0.3 is 5.97 Å². The van der Waals surface area contributed by atoms with Crippen LogP contribution in [0.15, 0.2) is 41.4 Å². The maximum absolute atomic E-state index is 14.5. The fourth-order valence-electron chi connectivity index (χ4n) is 5.34. The van der Waals surface area contributed by atoms with Gasteiger partial charge in [0.1, 0.15) is 23.3 Å². The van der Waals surface area contributed by atoms with E-state index in [1.54, 1.807) is 0 Å². The second kappa shape index (κ2) is 16.9. The van der Waals surface area contributed by atoms with Crippen LogP contribution in [0.4, 0.5) is 15.8 Å². The first-order valence-electron chi connectivity index (χ1n) is 16.5. The maximum atomic E-state index is 14.5. The minimum absolute atomic E-state index is 0.00687. The molecule has 0 aliphatic carbocycles. The van der Waals surface area contributed by atoms with E-state index in [2.05, 4.69) is 29.1 Å². The van der Waals surface area contributed by atoms with Crippen LogP contribution < -0.4 is 20.2 Å². The summed E-state index contributed by atoms with van der Waals surface area (Å²) in [6.45, 7) is 10.8. The van der Waals surface area contributed by atoms with Crippen LogP contribution >= 0.6 is 30.5 Å². The standard InChI is InChI=1S/C18H17FN4O2S.C12H14ClNO2.C5H12NO4P/c1-4-5-22-13-7-12(11(19)6-14(13)25-9-16(22)24)20-17-23-10-18(2,3)8-15(23)21-26-17;1-12(2)8-16-14(11(12)15)7-9-5-3-4-6-10(9)13;1-11(9,10)3-2-4(6)5(7)8/h1,6-7H,5,8-10H2,2-3H3;3-6H,7-8H2,1-2H3;4H,2-3,6H2,1H3,(H,7,8)(H,9,10). The van der Waals surface area contributed by atoms with Crippen molar-refractivity contribution in [2.24, 2.45) is 21.6 Å². The quantitative estimate of drug-likeness (QED) is 0.215. The summed E-state index contributed by atoms with van der Waals surface area (Å²) in [5, 5.41) is 10.3. The van der Waals surface area contributed by atoms with E-state index in [4.69, 9.17) is 43.3 Å². The Morgan fingerprint density at radius 2 is 1.96 bits per heavy atom. The highest BCUT2D eigenvalue weighted by Gasteiger charge is 2.40. The average molecular weight is 793 g/mol. The number of benzene rings is 2. The number of ether oxygens (including phenoxy) is 1. The molecule has 0 bridgehead atoms. The van der Waals surface area contributed by atoms with E-state index in [0.717, 1.165) is 24.4 Å². The minimum atomic E-state index is -3.10. The summed E-state index contributed by atoms with van der Waals surface area (Å²) in [5.41, 5.74) is 6.24. The Bertz CT molecular complexity index is 2020. The lowest BCUT2D eigenvalue weighted by Crippen LogP contribution is -2.39. The Hall–Kier alpha value is -4.10. The number of carboxylic acid groups (broad SMARTS) is 1. The van der Waals surface area contributed by atoms with Crippen LogP contribution in [-0.4, -0.2) is 80.4 Å². The van der Waals surface area contributed by atoms with Crippen LogP contribution in [0.3, 0.4) is 0 Å². The Morgan fingerprint density at radius 1 is 1.26 bits per heavy atom. The number of terminal acetylenes is 1. The number of aromatic nitrogens is 2. The highest BCUT2D eigenvalue weighted by atomic mass is 35.5. The monoisotopic (exact) mass is 792 g/mol. The molecule has 14 nitrogen and oxygen atoms in total. The van der Waals surface area contributed by atoms with Gasteiger partial charge in [-0.25, -0.2) is 14.4 Å². The Morgan fingerprint density at radius 3 is 2.57 bits per heavy atom. The number of nitrogens with two attached hydrogens (primary N) is 1. The zero-order valence-electron chi connectivity index (χ0n) is 30.0. The van der Waals surface area contributed by atoms with Gasteiger partial charge in [-0.05, 0) is 43.4 Å². The molecule has 0 spiro atoms. The number of nitrogens with zero attached hydrogens (tertiary/aromatic N) is 5. The average Bonchev–Trinajstić information content (AvgIpc) is 3.67. The Kier molecular flexibility index (Phi) is 13.3. The van der Waals surface area contributed by atoms with E-state index in [1.807, 2.05) is 42.7 Å². The van der Waals surface area contributed by atoms with Gasteiger partial charge < -0.3 is 25.0 Å². The molecule has 53 heavy (non-hydrogen) atoms. The zero-order valence-corrected chi connectivity index (χ0v) is 32.5. The van der Waals surface area contributed by atoms with Gasteiger partial charge in [-0.3, -0.25) is 28.7 Å². The van der Waals surface area contributed by atoms with Gasteiger partial charge in [0.15, 0.2) is 19.8 Å². The van der Waals surface area contributed by atoms with Gasteiger partial charge in [-0.2, -0.15) is 4.37 Å². The molecule has 2 aromatic carbocycles. The molecule has 0 radical (unpaired) electrons. The third-order valence-electron chi connectivity index (χ3n) is 8.27. The molecule has 1 fully saturated rings. The number of fused-ring (bicyclic) bond motifs is 2. The number of hydrogen-bond donors (Lipinski definition) is 3. The highest BCUT2D eigenvalue weighted by Crippen LogP contribution is 2.38. The molecule has 0 saturated carbocycles. The largest absolute Gasteiger partial charge is 0.481 e. The van der Waals surface area contributed by atoms with Crippen molar-refractivity contribution < 1.29 is 42.9 Å². The van der Waals surface area contributed by atoms with Crippen molar-refractivity contribution in [1.82, 2.24) is 14.0 Å². The zero-order chi connectivity index (χ0) is 39.3. The van der Waals surface area contributed by atoms with Gasteiger partial charge in [-0.15, -0.1) is 6.42 Å². The summed E-state index contributed by atoms with van der Waals surface area (Å²) in [6.07, 6.45) is 6.22. The fourth-order valence-corrected chi connectivity index (χ4v) is 7.05. The number of hydrogen-bond acceptors (Lipinski definition) is 10. The van der Waals surface area contributed by atoms with Gasteiger partial charge in [0, 0.05) is 48.4 Å². The number of halogens is 2. The summed E-state index contributed by atoms with van der Waals surface area (Å²) in [6, 6.07) is 9.18. The van der Waals surface area contributed by atoms with Crippen molar-refractivity contribution in [2.75, 3.05) is 37.5 Å². The first kappa shape index (κ1) is 41.7. The normalized spacial score (nSPS) is 18.7. The molecular weight excluding hydrogens is 750 g/mol. The predicted molar refractivity (Wildman–Crippen MR) is 198 cm³/mol. The summed E-state index contributed by atoms with van der Waals surface area (Å²) in [4.78, 5) is 54.7. The molecule has 1 aromatic heterocycles. The number of carboxylic acids is 1. The van der Waals surface area contributed by atoms with Gasteiger partial charge in [0.2, 0.25) is 4.80 Å². The van der Waals surface area contributed by atoms with E-state index >= 15 is 0 Å². The molecule has 1 saturated heterocycles. The number of anilines is 1. The van der Waals surface area contributed by atoms with Crippen LogP contribution in [0.25, 0.3) is 0 Å². The topological polar surface area (TPSA) is 190 Å². The maximum Gasteiger partial charge on any atom is 0.320 e. The lowest BCUT2D eigenvalue weighted by Gasteiger charge is -2.28. The van der Waals surface area contributed by atoms with Crippen LogP contribution in [0, 0.1) is 29.0 Å². The van der Waals surface area contributed by atoms with Crippen LogP contribution in [0.1, 0.15) is 45.5 Å². The molecule has 2 amide bonds. The van der Waals surface area contributed by atoms with Crippen molar-refractivity contribution in [2.45, 2.75) is 59.7 Å². The summed E-state index contributed by atoms with van der Waals surface area (Å²) < 4.78 is 37.0. The number of carbonyl (C=O) groups is 3. The smallest absolute Gasteiger partial charge is 0.320 e. The highest BCUT2D eigenvalue weighted by molar-refractivity contribution is 7.57.